The molecule has 0 saturated heterocycles. The summed E-state index contributed by atoms with van der Waals surface area (Å²) in [4.78, 5) is 46.7. The monoisotopic (exact) mass is 571 g/mol. The largest absolute Gasteiger partial charge is 0.355 e. The van der Waals surface area contributed by atoms with Crippen molar-refractivity contribution in [3.8, 4) is 0 Å². The average Bonchev–Trinajstić information content (AvgIpc) is 2.95. The molecule has 11 nitrogen and oxygen atoms in total. The second-order valence-corrected chi connectivity index (χ2v) is 10.3. The maximum Gasteiger partial charge on any atom is 0.242 e. The van der Waals surface area contributed by atoms with Crippen LogP contribution in [-0.4, -0.2) is 89.5 Å². The molecule has 0 aromatic rings. The molecule has 0 aromatic heterocycles. The molecule has 4 atom stereocenters. The van der Waals surface area contributed by atoms with Crippen molar-refractivity contribution in [3.63, 3.8) is 0 Å². The molecule has 0 aliphatic carbocycles. The fraction of sp³-hybridized carbons (Fsp3) is 0.862. The van der Waals surface area contributed by atoms with Gasteiger partial charge < -0.3 is 42.4 Å². The van der Waals surface area contributed by atoms with E-state index < -0.39 is 6.04 Å². The Morgan fingerprint density at radius 1 is 0.775 bits per heavy atom. The lowest BCUT2D eigenvalue weighted by atomic mass is 10.0. The van der Waals surface area contributed by atoms with Gasteiger partial charge >= 0.3 is 0 Å². The Morgan fingerprint density at radius 2 is 1.43 bits per heavy atom. The molecule has 0 heterocycles. The lowest BCUT2D eigenvalue weighted by Crippen LogP contribution is -2.47. The number of hydrogen-bond donors (Lipinski definition) is 7. The number of aldehydes is 1. The fourth-order valence-corrected chi connectivity index (χ4v) is 4.09. The van der Waals surface area contributed by atoms with Gasteiger partial charge in [0.2, 0.25) is 18.2 Å². The average molecular weight is 572 g/mol. The standard InChI is InChI=1S/C22H44N6O4.C7H17N/c1-24-14-7-5-11-20(27-17-30)22(32)28-18(12-16-29)9-4-8-15-26-21(31)19(25-2)10-3-6-13-23;1-4-5-6-7(2)8-3/h16-20,24-25H,3-15,23H2,1-2H3,(H,26,31)(H,27,30)(H,28,32);7-8H,4-6H2,1-3H3. The molecule has 0 spiro atoms. The molecule has 0 aromatic carbocycles. The highest BCUT2D eigenvalue weighted by atomic mass is 16.2. The first-order valence-electron chi connectivity index (χ1n) is 15.2. The van der Waals surface area contributed by atoms with E-state index in [9.17, 15) is 19.2 Å². The first kappa shape index (κ1) is 40.1. The van der Waals surface area contributed by atoms with Crippen molar-refractivity contribution in [2.24, 2.45) is 5.73 Å². The second kappa shape index (κ2) is 29.9. The van der Waals surface area contributed by atoms with Crippen LogP contribution >= 0.6 is 0 Å². The van der Waals surface area contributed by atoms with Gasteiger partial charge in [-0.3, -0.25) is 14.4 Å². The van der Waals surface area contributed by atoms with Crippen molar-refractivity contribution >= 4 is 24.5 Å². The quantitative estimate of drug-likeness (QED) is 0.0603. The van der Waals surface area contributed by atoms with E-state index in [2.05, 4.69) is 45.7 Å². The van der Waals surface area contributed by atoms with Gasteiger partial charge in [-0.1, -0.05) is 26.2 Å². The van der Waals surface area contributed by atoms with E-state index in [4.69, 9.17) is 5.73 Å². The Morgan fingerprint density at radius 3 is 2.00 bits per heavy atom. The summed E-state index contributed by atoms with van der Waals surface area (Å²) < 4.78 is 0. The Labute approximate surface area is 243 Å². The fourth-order valence-electron chi connectivity index (χ4n) is 4.09. The highest BCUT2D eigenvalue weighted by Crippen LogP contribution is 2.07. The summed E-state index contributed by atoms with van der Waals surface area (Å²) >= 11 is 0. The third-order valence-electron chi connectivity index (χ3n) is 6.86. The van der Waals surface area contributed by atoms with E-state index in [1.807, 2.05) is 14.1 Å². The smallest absolute Gasteiger partial charge is 0.242 e. The summed E-state index contributed by atoms with van der Waals surface area (Å²) in [5, 5.41) is 17.7. The number of rotatable bonds is 26. The zero-order chi connectivity index (χ0) is 30.4. The highest BCUT2D eigenvalue weighted by Gasteiger charge is 2.21. The van der Waals surface area contributed by atoms with Crippen molar-refractivity contribution in [1.82, 2.24) is 31.9 Å². The van der Waals surface area contributed by atoms with E-state index in [0.29, 0.717) is 38.4 Å². The van der Waals surface area contributed by atoms with Gasteiger partial charge in [0.05, 0.1) is 6.04 Å². The van der Waals surface area contributed by atoms with Gasteiger partial charge in [-0.15, -0.1) is 0 Å². The van der Waals surface area contributed by atoms with Gasteiger partial charge in [-0.2, -0.15) is 0 Å². The molecule has 8 N–H and O–H groups in total. The number of carbonyl (C=O) groups is 4. The van der Waals surface area contributed by atoms with Gasteiger partial charge in [0, 0.05) is 25.0 Å². The zero-order valence-corrected chi connectivity index (χ0v) is 26.0. The van der Waals surface area contributed by atoms with Crippen LogP contribution < -0.4 is 37.6 Å². The van der Waals surface area contributed by atoms with E-state index in [-0.39, 0.29) is 30.3 Å². The van der Waals surface area contributed by atoms with E-state index in [0.717, 1.165) is 57.8 Å². The second-order valence-electron chi connectivity index (χ2n) is 10.3. The first-order chi connectivity index (χ1) is 19.3. The van der Waals surface area contributed by atoms with Crippen LogP contribution in [0.25, 0.3) is 0 Å². The van der Waals surface area contributed by atoms with Crippen molar-refractivity contribution < 1.29 is 19.2 Å². The van der Waals surface area contributed by atoms with Crippen LogP contribution in [0.15, 0.2) is 0 Å². The lowest BCUT2D eigenvalue weighted by molar-refractivity contribution is -0.126. The van der Waals surface area contributed by atoms with Crippen LogP contribution in [0, 0.1) is 0 Å². The SMILES string of the molecule is CCCCC(C)NC.CNCCCCC(NC=O)C(=O)NC(CC=O)CCCCNC(=O)C(CCCCN)NC. The molecule has 0 bridgehead atoms. The minimum atomic E-state index is -0.601. The number of amides is 3. The first-order valence-corrected chi connectivity index (χ1v) is 15.2. The van der Waals surface area contributed by atoms with Crippen molar-refractivity contribution in [2.75, 3.05) is 40.8 Å². The van der Waals surface area contributed by atoms with Crippen LogP contribution in [0.1, 0.15) is 97.3 Å². The molecule has 0 radical (unpaired) electrons. The van der Waals surface area contributed by atoms with E-state index in [1.54, 1.807) is 7.05 Å². The third kappa shape index (κ3) is 23.8. The molecule has 11 heteroatoms. The maximum atomic E-state index is 12.5. The Hall–Kier alpha value is -2.08. The predicted molar refractivity (Wildman–Crippen MR) is 164 cm³/mol. The van der Waals surface area contributed by atoms with Crippen LogP contribution in [0.2, 0.25) is 0 Å². The topological polar surface area (TPSA) is 166 Å². The predicted octanol–water partition coefficient (Wildman–Crippen LogP) is 1.35. The summed E-state index contributed by atoms with van der Waals surface area (Å²) in [6.45, 7) is 6.45. The maximum absolute atomic E-state index is 12.5. The summed E-state index contributed by atoms with van der Waals surface area (Å²) in [6.07, 6.45) is 12.4. The molecule has 4 unspecified atom stereocenters. The molecule has 236 valence electrons. The minimum absolute atomic E-state index is 0.0247. The molecule has 40 heavy (non-hydrogen) atoms. The minimum Gasteiger partial charge on any atom is -0.355 e. The van der Waals surface area contributed by atoms with Crippen LogP contribution in [-0.2, 0) is 19.2 Å². The normalized spacial score (nSPS) is 13.7. The molecular weight excluding hydrogens is 510 g/mol. The highest BCUT2D eigenvalue weighted by molar-refractivity contribution is 5.84. The van der Waals surface area contributed by atoms with Crippen molar-refractivity contribution in [3.05, 3.63) is 0 Å². The molecule has 0 rings (SSSR count). The van der Waals surface area contributed by atoms with Gasteiger partial charge in [-0.05, 0) is 98.9 Å². The van der Waals surface area contributed by atoms with Crippen LogP contribution in [0.5, 0.6) is 0 Å². The van der Waals surface area contributed by atoms with Gasteiger partial charge in [0.15, 0.2) is 0 Å². The number of unbranched alkanes of at least 4 members (excludes halogenated alkanes) is 4. The van der Waals surface area contributed by atoms with Crippen LogP contribution in [0.4, 0.5) is 0 Å². The summed E-state index contributed by atoms with van der Waals surface area (Å²) in [7, 11) is 5.65. The lowest BCUT2D eigenvalue weighted by Gasteiger charge is -2.21. The molecule has 0 aliphatic heterocycles. The number of hydrogen-bond acceptors (Lipinski definition) is 8. The van der Waals surface area contributed by atoms with Crippen molar-refractivity contribution in [2.45, 2.75) is 121 Å². The Balaban J connectivity index is 0. The molecule has 0 saturated carbocycles. The van der Waals surface area contributed by atoms with Crippen LogP contribution in [0.3, 0.4) is 0 Å². The zero-order valence-electron chi connectivity index (χ0n) is 26.0. The van der Waals surface area contributed by atoms with E-state index >= 15 is 0 Å². The Bertz CT molecular complexity index is 625. The van der Waals surface area contributed by atoms with Gasteiger partial charge in [0.25, 0.3) is 0 Å². The number of likely N-dealkylation sites (N-methyl/N-ethyl adjacent to an activating group) is 1. The molecular formula is C29H61N7O4. The van der Waals surface area contributed by atoms with Gasteiger partial charge in [-0.25, -0.2) is 0 Å². The van der Waals surface area contributed by atoms with E-state index in [1.165, 1.54) is 19.3 Å². The number of nitrogens with one attached hydrogen (secondary N) is 6. The summed E-state index contributed by atoms with van der Waals surface area (Å²) in [5.74, 6) is -0.292. The van der Waals surface area contributed by atoms with Gasteiger partial charge in [0.1, 0.15) is 12.3 Å². The number of nitrogens with two attached hydrogens (primary N) is 1. The summed E-state index contributed by atoms with van der Waals surface area (Å²) in [5.41, 5.74) is 5.50. The third-order valence-corrected chi connectivity index (χ3v) is 6.86. The molecule has 0 aliphatic rings. The number of carbonyl (C=O) groups excluding carboxylic acids is 4. The summed E-state index contributed by atoms with van der Waals surface area (Å²) in [6, 6.07) is -0.408. The molecule has 3 amide bonds. The van der Waals surface area contributed by atoms with Crippen molar-refractivity contribution in [1.29, 1.82) is 0 Å². The Kier molecular flexibility index (Phi) is 29.9. The molecule has 0 fully saturated rings.